The lowest BCUT2D eigenvalue weighted by Gasteiger charge is -2.33. The van der Waals surface area contributed by atoms with Crippen LogP contribution in [0.4, 0.5) is 0 Å². The van der Waals surface area contributed by atoms with Gasteiger partial charge in [0, 0.05) is 17.6 Å². The molecule has 0 aromatic heterocycles. The number of rotatable bonds is 6. The molecule has 2 N–H and O–H groups in total. The van der Waals surface area contributed by atoms with Crippen LogP contribution in [0.25, 0.3) is 10.8 Å². The average Bonchev–Trinajstić information content (AvgIpc) is 3.19. The second kappa shape index (κ2) is 8.09. The van der Waals surface area contributed by atoms with Gasteiger partial charge in [0.15, 0.2) is 0 Å². The van der Waals surface area contributed by atoms with Crippen LogP contribution in [-0.4, -0.2) is 30.0 Å². The fraction of sp³-hybridized carbons (Fsp3) is 0.500. The molecule has 1 amide bonds. The van der Waals surface area contributed by atoms with Crippen molar-refractivity contribution in [3.63, 3.8) is 0 Å². The molecule has 2 aromatic rings. The molecule has 2 aromatic carbocycles. The van der Waals surface area contributed by atoms with Gasteiger partial charge in [-0.3, -0.25) is 4.79 Å². The number of hydrogen-bond donors (Lipinski definition) is 1. The van der Waals surface area contributed by atoms with Crippen LogP contribution < -0.4 is 10.5 Å². The molecule has 0 heterocycles. The molecule has 1 fully saturated rings. The summed E-state index contributed by atoms with van der Waals surface area (Å²) < 4.78 is 5.64. The van der Waals surface area contributed by atoms with Gasteiger partial charge in [0.1, 0.15) is 5.75 Å². The van der Waals surface area contributed by atoms with Crippen molar-refractivity contribution in [2.75, 3.05) is 7.11 Å². The molecule has 1 saturated carbocycles. The van der Waals surface area contributed by atoms with Gasteiger partial charge in [0.05, 0.1) is 19.6 Å². The molecular weight excluding hydrogens is 324 g/mol. The van der Waals surface area contributed by atoms with Crippen molar-refractivity contribution in [3.05, 3.63) is 42.0 Å². The summed E-state index contributed by atoms with van der Waals surface area (Å²) in [5, 5.41) is 2.32. The summed E-state index contributed by atoms with van der Waals surface area (Å²) in [6.07, 6.45) is 4.52. The molecule has 0 saturated heterocycles. The summed E-state index contributed by atoms with van der Waals surface area (Å²) in [5.41, 5.74) is 7.13. The fourth-order valence-electron chi connectivity index (χ4n) is 3.93. The zero-order valence-corrected chi connectivity index (χ0v) is 16.1. The first-order valence-electron chi connectivity index (χ1n) is 9.63. The van der Waals surface area contributed by atoms with Gasteiger partial charge < -0.3 is 15.4 Å². The van der Waals surface area contributed by atoms with E-state index in [-0.39, 0.29) is 17.9 Å². The Labute approximate surface area is 156 Å². The van der Waals surface area contributed by atoms with Crippen molar-refractivity contribution < 1.29 is 9.53 Å². The van der Waals surface area contributed by atoms with Crippen LogP contribution in [0.5, 0.6) is 5.75 Å². The van der Waals surface area contributed by atoms with Crippen molar-refractivity contribution in [3.8, 4) is 5.75 Å². The van der Waals surface area contributed by atoms with Gasteiger partial charge in [-0.1, -0.05) is 50.1 Å². The monoisotopic (exact) mass is 354 g/mol. The first-order chi connectivity index (χ1) is 12.5. The van der Waals surface area contributed by atoms with Crippen molar-refractivity contribution in [2.24, 2.45) is 11.7 Å². The highest BCUT2D eigenvalue weighted by Crippen LogP contribution is 2.33. The largest absolute Gasteiger partial charge is 0.496 e. The molecule has 140 valence electrons. The highest BCUT2D eigenvalue weighted by molar-refractivity contribution is 5.88. The minimum atomic E-state index is -0.184. The number of hydrogen-bond acceptors (Lipinski definition) is 3. The molecule has 3 rings (SSSR count). The van der Waals surface area contributed by atoms with Crippen LogP contribution >= 0.6 is 0 Å². The molecule has 1 aliphatic carbocycles. The van der Waals surface area contributed by atoms with Crippen LogP contribution in [0.2, 0.25) is 0 Å². The second-order valence-electron chi connectivity index (χ2n) is 7.52. The predicted octanol–water partition coefficient (Wildman–Crippen LogP) is 4.10. The topological polar surface area (TPSA) is 55.6 Å². The lowest BCUT2D eigenvalue weighted by atomic mass is 9.98. The zero-order valence-electron chi connectivity index (χ0n) is 16.1. The molecule has 0 spiro atoms. The van der Waals surface area contributed by atoms with Crippen LogP contribution in [0.1, 0.15) is 45.1 Å². The van der Waals surface area contributed by atoms with E-state index >= 15 is 0 Å². The van der Waals surface area contributed by atoms with E-state index in [4.69, 9.17) is 10.5 Å². The summed E-state index contributed by atoms with van der Waals surface area (Å²) in [4.78, 5) is 15.3. The van der Waals surface area contributed by atoms with Crippen LogP contribution in [0.3, 0.4) is 0 Å². The van der Waals surface area contributed by atoms with Crippen LogP contribution in [-0.2, 0) is 11.3 Å². The van der Waals surface area contributed by atoms with Crippen LogP contribution in [0.15, 0.2) is 36.4 Å². The zero-order chi connectivity index (χ0) is 18.7. The average molecular weight is 354 g/mol. The molecule has 4 nitrogen and oxygen atoms in total. The maximum atomic E-state index is 13.2. The van der Waals surface area contributed by atoms with Gasteiger partial charge >= 0.3 is 0 Å². The van der Waals surface area contributed by atoms with Gasteiger partial charge in [0.25, 0.3) is 0 Å². The van der Waals surface area contributed by atoms with E-state index in [1.165, 1.54) is 18.2 Å². The number of nitrogens with two attached hydrogens (primary N) is 1. The Morgan fingerprint density at radius 3 is 2.54 bits per heavy atom. The summed E-state index contributed by atoms with van der Waals surface area (Å²) in [7, 11) is 1.69. The minimum absolute atomic E-state index is 0.152. The third-order valence-electron chi connectivity index (χ3n) is 5.77. The molecule has 1 aliphatic rings. The van der Waals surface area contributed by atoms with Gasteiger partial charge in [-0.05, 0) is 36.6 Å². The van der Waals surface area contributed by atoms with E-state index in [1.807, 2.05) is 32.0 Å². The Morgan fingerprint density at radius 2 is 1.88 bits per heavy atom. The first-order valence-corrected chi connectivity index (χ1v) is 9.63. The quantitative estimate of drug-likeness (QED) is 0.849. The number of carbonyl (C=O) groups is 1. The van der Waals surface area contributed by atoms with Crippen molar-refractivity contribution >= 4 is 16.7 Å². The molecule has 2 unspecified atom stereocenters. The highest BCUT2D eigenvalue weighted by Gasteiger charge is 2.31. The van der Waals surface area contributed by atoms with Gasteiger partial charge in [-0.15, -0.1) is 0 Å². The first kappa shape index (κ1) is 18.7. The molecule has 4 heteroatoms. The Hall–Kier alpha value is -2.07. The molecule has 2 atom stereocenters. The Bertz CT molecular complexity index is 766. The van der Waals surface area contributed by atoms with E-state index in [2.05, 4.69) is 23.1 Å². The van der Waals surface area contributed by atoms with Crippen molar-refractivity contribution in [1.29, 1.82) is 0 Å². The molecule has 0 radical (unpaired) electrons. The van der Waals surface area contributed by atoms with Crippen molar-refractivity contribution in [1.82, 2.24) is 4.90 Å². The minimum Gasteiger partial charge on any atom is -0.496 e. The lowest BCUT2D eigenvalue weighted by Crippen LogP contribution is -2.45. The molecular formula is C22H30N2O2. The lowest BCUT2D eigenvalue weighted by molar-refractivity contribution is -0.138. The number of carbonyl (C=O) groups excluding carboxylic acids is 1. The number of benzene rings is 2. The molecule has 0 bridgehead atoms. The third kappa shape index (κ3) is 3.70. The summed E-state index contributed by atoms with van der Waals surface area (Å²) in [5.74, 6) is 0.811. The maximum Gasteiger partial charge on any atom is 0.227 e. The number of nitrogens with zero attached hydrogens (tertiary/aromatic N) is 1. The number of methoxy groups -OCH3 is 1. The summed E-state index contributed by atoms with van der Waals surface area (Å²) >= 11 is 0. The fourth-order valence-corrected chi connectivity index (χ4v) is 3.93. The van der Waals surface area contributed by atoms with Gasteiger partial charge in [-0.25, -0.2) is 0 Å². The Morgan fingerprint density at radius 1 is 1.19 bits per heavy atom. The van der Waals surface area contributed by atoms with Crippen molar-refractivity contribution in [2.45, 2.75) is 58.2 Å². The number of fused-ring (bicyclic) bond motifs is 1. The third-order valence-corrected chi connectivity index (χ3v) is 5.77. The SMILES string of the molecule is COc1ccc2ccccc2c1CN(C(=O)C(C)C(C)N)C1CCCC1. The van der Waals surface area contributed by atoms with Crippen LogP contribution in [0, 0.1) is 5.92 Å². The van der Waals surface area contributed by atoms with E-state index in [9.17, 15) is 4.79 Å². The summed E-state index contributed by atoms with van der Waals surface area (Å²) in [6, 6.07) is 12.5. The van der Waals surface area contributed by atoms with Gasteiger partial charge in [-0.2, -0.15) is 0 Å². The van der Waals surface area contributed by atoms with E-state index < -0.39 is 0 Å². The number of ether oxygens (including phenoxy) is 1. The molecule has 26 heavy (non-hydrogen) atoms. The summed E-state index contributed by atoms with van der Waals surface area (Å²) in [6.45, 7) is 4.42. The van der Waals surface area contributed by atoms with E-state index in [1.54, 1.807) is 7.11 Å². The van der Waals surface area contributed by atoms with Gasteiger partial charge in [0.2, 0.25) is 5.91 Å². The smallest absolute Gasteiger partial charge is 0.227 e. The second-order valence-corrected chi connectivity index (χ2v) is 7.52. The number of amides is 1. The highest BCUT2D eigenvalue weighted by atomic mass is 16.5. The Balaban J connectivity index is 2.01. The Kier molecular flexibility index (Phi) is 5.82. The molecule has 0 aliphatic heterocycles. The maximum absolute atomic E-state index is 13.2. The normalized spacial score (nSPS) is 17.2. The van der Waals surface area contributed by atoms with E-state index in [0.29, 0.717) is 12.6 Å². The predicted molar refractivity (Wildman–Crippen MR) is 106 cm³/mol. The van der Waals surface area contributed by atoms with E-state index in [0.717, 1.165) is 29.5 Å². The standard InChI is InChI=1S/C22H30N2O2/c1-15(16(2)23)22(25)24(18-9-5-6-10-18)14-20-19-11-7-4-8-17(19)12-13-21(20)26-3/h4,7-8,11-13,15-16,18H,5-6,9-10,14,23H2,1-3H3.